The smallest absolute Gasteiger partial charge is 0.309 e. The van der Waals surface area contributed by atoms with Crippen molar-refractivity contribution < 1.29 is 18.9 Å². The molecule has 1 unspecified atom stereocenters. The number of hydrogen-bond acceptors (Lipinski definition) is 4. The zero-order valence-electron chi connectivity index (χ0n) is 16.0. The van der Waals surface area contributed by atoms with Crippen LogP contribution >= 0.6 is 11.3 Å². The summed E-state index contributed by atoms with van der Waals surface area (Å²) in [6.45, 7) is 2.53. The van der Waals surface area contributed by atoms with E-state index in [9.17, 15) is 9.59 Å². The molecular formula is C22H24N3O3S+. The fourth-order valence-electron chi connectivity index (χ4n) is 3.77. The summed E-state index contributed by atoms with van der Waals surface area (Å²) in [6.07, 6.45) is 2.55. The zero-order chi connectivity index (χ0) is 20.1. The second kappa shape index (κ2) is 9.07. The van der Waals surface area contributed by atoms with Gasteiger partial charge in [-0.25, -0.2) is 0 Å². The van der Waals surface area contributed by atoms with Crippen molar-refractivity contribution in [2.24, 2.45) is 0 Å². The first kappa shape index (κ1) is 19.4. The van der Waals surface area contributed by atoms with Gasteiger partial charge in [-0.05, 0) is 29.1 Å². The quantitative estimate of drug-likeness (QED) is 0.539. The number of carbonyl (C=O) groups excluding carboxylic acids is 2. The number of quaternary nitrogens is 1. The molecule has 6 nitrogen and oxygen atoms in total. The molecule has 0 spiro atoms. The lowest BCUT2D eigenvalue weighted by Gasteiger charge is -2.32. The molecule has 3 aromatic rings. The standard InChI is InChI=1S/C22H23N3O3S/c26-21(23-13-18-7-3-11-28-18)22(27)24-14-19(20-8-4-12-29-20)25-10-9-16-5-1-2-6-17(16)15-25/h1-8,11-12,19H,9-10,13-15H2,(H,23,26)(H,24,27)/p+1/t19-/m1/s1. The Balaban J connectivity index is 1.38. The van der Waals surface area contributed by atoms with Crippen LogP contribution < -0.4 is 15.5 Å². The van der Waals surface area contributed by atoms with Gasteiger partial charge in [0.05, 0.1) is 30.8 Å². The largest absolute Gasteiger partial charge is 0.467 e. The average molecular weight is 411 g/mol. The number of thiophene rings is 1. The van der Waals surface area contributed by atoms with Crippen molar-refractivity contribution in [1.82, 2.24) is 10.6 Å². The number of fused-ring (bicyclic) bond motifs is 1. The number of rotatable bonds is 6. The minimum Gasteiger partial charge on any atom is -0.467 e. The van der Waals surface area contributed by atoms with Crippen LogP contribution in [0.4, 0.5) is 0 Å². The Labute approximate surface area is 173 Å². The molecular weight excluding hydrogens is 386 g/mol. The van der Waals surface area contributed by atoms with Gasteiger partial charge in [-0.1, -0.05) is 30.3 Å². The highest BCUT2D eigenvalue weighted by Crippen LogP contribution is 2.19. The maximum atomic E-state index is 12.3. The van der Waals surface area contributed by atoms with Gasteiger partial charge in [0, 0.05) is 12.0 Å². The van der Waals surface area contributed by atoms with Crippen LogP contribution in [0.15, 0.2) is 64.6 Å². The number of carbonyl (C=O) groups is 2. The highest BCUT2D eigenvalue weighted by atomic mass is 32.1. The minimum atomic E-state index is -0.648. The van der Waals surface area contributed by atoms with Gasteiger partial charge < -0.3 is 20.0 Å². The maximum absolute atomic E-state index is 12.3. The molecule has 2 atom stereocenters. The molecule has 0 radical (unpaired) electrons. The Kier molecular flexibility index (Phi) is 6.07. The van der Waals surface area contributed by atoms with Crippen LogP contribution in [0.5, 0.6) is 0 Å². The zero-order valence-corrected chi connectivity index (χ0v) is 16.8. The van der Waals surface area contributed by atoms with Gasteiger partial charge in [0.2, 0.25) is 0 Å². The monoisotopic (exact) mass is 410 g/mol. The summed E-state index contributed by atoms with van der Waals surface area (Å²) >= 11 is 1.69. The van der Waals surface area contributed by atoms with E-state index in [4.69, 9.17) is 4.42 Å². The summed E-state index contributed by atoms with van der Waals surface area (Å²) in [6, 6.07) is 16.3. The van der Waals surface area contributed by atoms with E-state index in [1.165, 1.54) is 27.2 Å². The molecule has 29 heavy (non-hydrogen) atoms. The highest BCUT2D eigenvalue weighted by Gasteiger charge is 2.30. The first-order valence-corrected chi connectivity index (χ1v) is 10.6. The van der Waals surface area contributed by atoms with Gasteiger partial charge in [0.1, 0.15) is 18.3 Å². The lowest BCUT2D eigenvalue weighted by atomic mass is 9.98. The van der Waals surface area contributed by atoms with Crippen molar-refractivity contribution in [3.63, 3.8) is 0 Å². The molecule has 0 saturated heterocycles. The third-order valence-electron chi connectivity index (χ3n) is 5.31. The molecule has 150 valence electrons. The molecule has 1 aliphatic rings. The van der Waals surface area contributed by atoms with Gasteiger partial charge in [-0.3, -0.25) is 9.59 Å². The number of benzene rings is 1. The van der Waals surface area contributed by atoms with Crippen LogP contribution in [0, 0.1) is 0 Å². The molecule has 2 aromatic heterocycles. The van der Waals surface area contributed by atoms with Crippen molar-refractivity contribution in [1.29, 1.82) is 0 Å². The average Bonchev–Trinajstić information content (AvgIpc) is 3.46. The van der Waals surface area contributed by atoms with Gasteiger partial charge in [-0.15, -0.1) is 11.3 Å². The molecule has 1 aromatic carbocycles. The Morgan fingerprint density at radius 3 is 2.62 bits per heavy atom. The lowest BCUT2D eigenvalue weighted by Crippen LogP contribution is -3.12. The fraction of sp³-hybridized carbons (Fsp3) is 0.273. The predicted molar refractivity (Wildman–Crippen MR) is 110 cm³/mol. The third kappa shape index (κ3) is 4.75. The van der Waals surface area contributed by atoms with Crippen LogP contribution in [0.1, 0.15) is 27.8 Å². The van der Waals surface area contributed by atoms with E-state index < -0.39 is 11.8 Å². The molecule has 3 heterocycles. The minimum absolute atomic E-state index is 0.116. The molecule has 0 aliphatic carbocycles. The van der Waals surface area contributed by atoms with Crippen LogP contribution in [-0.4, -0.2) is 24.9 Å². The Hall–Kier alpha value is -2.90. The number of amides is 2. The summed E-state index contributed by atoms with van der Waals surface area (Å²) < 4.78 is 5.17. The van der Waals surface area contributed by atoms with Gasteiger partial charge in [0.15, 0.2) is 0 Å². The summed E-state index contributed by atoms with van der Waals surface area (Å²) in [5.41, 5.74) is 2.76. The van der Waals surface area contributed by atoms with Crippen molar-refractivity contribution in [2.75, 3.05) is 13.1 Å². The third-order valence-corrected chi connectivity index (χ3v) is 6.29. The highest BCUT2D eigenvalue weighted by molar-refractivity contribution is 7.10. The van der Waals surface area contributed by atoms with E-state index in [1.54, 1.807) is 23.5 Å². The van der Waals surface area contributed by atoms with Crippen LogP contribution in [0.25, 0.3) is 0 Å². The molecule has 0 fully saturated rings. The van der Waals surface area contributed by atoms with E-state index in [0.29, 0.717) is 12.3 Å². The second-order valence-corrected chi connectivity index (χ2v) is 8.12. The molecule has 1 aliphatic heterocycles. The fourth-order valence-corrected chi connectivity index (χ4v) is 4.66. The molecule has 3 N–H and O–H groups in total. The molecule has 0 bridgehead atoms. The molecule has 4 rings (SSSR count). The predicted octanol–water partition coefficient (Wildman–Crippen LogP) is 1.46. The summed E-state index contributed by atoms with van der Waals surface area (Å²) in [5.74, 6) is -0.653. The van der Waals surface area contributed by atoms with Crippen molar-refractivity contribution in [2.45, 2.75) is 25.6 Å². The Morgan fingerprint density at radius 2 is 1.86 bits per heavy atom. The normalized spacial score (nSPS) is 16.6. The number of nitrogens with one attached hydrogen (secondary N) is 3. The first-order valence-electron chi connectivity index (χ1n) is 9.74. The van der Waals surface area contributed by atoms with E-state index in [-0.39, 0.29) is 12.6 Å². The van der Waals surface area contributed by atoms with Gasteiger partial charge >= 0.3 is 11.8 Å². The van der Waals surface area contributed by atoms with Gasteiger partial charge in [0.25, 0.3) is 0 Å². The number of furan rings is 1. The van der Waals surface area contributed by atoms with Crippen LogP contribution in [0.2, 0.25) is 0 Å². The lowest BCUT2D eigenvalue weighted by molar-refractivity contribution is -0.945. The van der Waals surface area contributed by atoms with E-state index >= 15 is 0 Å². The summed E-state index contributed by atoms with van der Waals surface area (Å²) in [5, 5.41) is 7.47. The van der Waals surface area contributed by atoms with Crippen molar-refractivity contribution in [3.8, 4) is 0 Å². The molecule has 0 saturated carbocycles. The SMILES string of the molecule is O=C(NCc1ccco1)C(=O)NC[C@H](c1cccs1)[NH+]1CCc2ccccc2C1. The second-order valence-electron chi connectivity index (χ2n) is 7.14. The Morgan fingerprint density at radius 1 is 1.03 bits per heavy atom. The van der Waals surface area contributed by atoms with Crippen LogP contribution in [0.3, 0.4) is 0 Å². The molecule has 2 amide bonds. The van der Waals surface area contributed by atoms with Crippen molar-refractivity contribution in [3.05, 3.63) is 81.9 Å². The van der Waals surface area contributed by atoms with Gasteiger partial charge in [-0.2, -0.15) is 0 Å². The van der Waals surface area contributed by atoms with E-state index in [2.05, 4.69) is 46.3 Å². The maximum Gasteiger partial charge on any atom is 0.309 e. The first-order chi connectivity index (χ1) is 14.2. The van der Waals surface area contributed by atoms with Crippen LogP contribution in [-0.2, 0) is 29.1 Å². The summed E-state index contributed by atoms with van der Waals surface area (Å²) in [7, 11) is 0. The Bertz CT molecular complexity index is 954. The topological polar surface area (TPSA) is 75.8 Å². The van der Waals surface area contributed by atoms with E-state index in [1.807, 2.05) is 6.07 Å². The number of hydrogen-bond donors (Lipinski definition) is 3. The van der Waals surface area contributed by atoms with Crippen molar-refractivity contribution >= 4 is 23.2 Å². The molecule has 7 heteroatoms. The van der Waals surface area contributed by atoms with E-state index in [0.717, 1.165) is 19.5 Å². The summed E-state index contributed by atoms with van der Waals surface area (Å²) in [4.78, 5) is 27.0.